The van der Waals surface area contributed by atoms with E-state index in [2.05, 4.69) is 34.5 Å². The highest BCUT2D eigenvalue weighted by molar-refractivity contribution is 5.85. The SMILES string of the molecule is Cl.Cl.Nc1ccccc1CCC(=O)NCc1ccc(CN2CCC(O)CC2)cc1. The van der Waals surface area contributed by atoms with Crippen LogP contribution in [-0.4, -0.2) is 35.1 Å². The molecule has 2 aromatic carbocycles. The number of carbonyl (C=O) groups is 1. The molecule has 1 heterocycles. The molecule has 0 aliphatic carbocycles. The van der Waals surface area contributed by atoms with Gasteiger partial charge in [-0.25, -0.2) is 0 Å². The molecule has 0 bridgehead atoms. The van der Waals surface area contributed by atoms with Crippen LogP contribution in [0.3, 0.4) is 0 Å². The van der Waals surface area contributed by atoms with Crippen LogP contribution in [0.5, 0.6) is 0 Å². The minimum atomic E-state index is -0.134. The molecule has 0 radical (unpaired) electrons. The number of likely N-dealkylation sites (tertiary alicyclic amines) is 1. The number of nitrogens with two attached hydrogens (primary N) is 1. The van der Waals surface area contributed by atoms with Gasteiger partial charge in [0.15, 0.2) is 0 Å². The third-order valence-corrected chi connectivity index (χ3v) is 5.15. The maximum atomic E-state index is 12.1. The molecular formula is C22H31Cl2N3O2. The second kappa shape index (κ2) is 12.7. The van der Waals surface area contributed by atoms with Crippen LogP contribution in [0.1, 0.15) is 36.0 Å². The van der Waals surface area contributed by atoms with E-state index in [0.29, 0.717) is 19.4 Å². The lowest BCUT2D eigenvalue weighted by atomic mass is 10.1. The van der Waals surface area contributed by atoms with E-state index in [9.17, 15) is 9.90 Å². The van der Waals surface area contributed by atoms with Crippen LogP contribution < -0.4 is 11.1 Å². The number of piperidine rings is 1. The molecule has 1 amide bonds. The second-order valence-corrected chi connectivity index (χ2v) is 7.30. The maximum absolute atomic E-state index is 12.1. The van der Waals surface area contributed by atoms with E-state index in [0.717, 1.165) is 49.3 Å². The normalized spacial score (nSPS) is 14.5. The van der Waals surface area contributed by atoms with Gasteiger partial charge >= 0.3 is 0 Å². The Balaban J connectivity index is 0.00000210. The first-order valence-corrected chi connectivity index (χ1v) is 9.68. The third-order valence-electron chi connectivity index (χ3n) is 5.15. The molecule has 3 rings (SSSR count). The Labute approximate surface area is 185 Å². The van der Waals surface area contributed by atoms with Crippen molar-refractivity contribution in [1.82, 2.24) is 10.2 Å². The number of hydrogen-bond acceptors (Lipinski definition) is 4. The number of anilines is 1. The Morgan fingerprint density at radius 1 is 1.03 bits per heavy atom. The van der Waals surface area contributed by atoms with Crippen molar-refractivity contribution in [3.8, 4) is 0 Å². The third kappa shape index (κ3) is 8.23. The number of halogens is 2. The smallest absolute Gasteiger partial charge is 0.220 e. The Bertz CT molecular complexity index is 748. The molecule has 1 fully saturated rings. The number of nitrogens with one attached hydrogen (secondary N) is 1. The van der Waals surface area contributed by atoms with Crippen molar-refractivity contribution in [3.63, 3.8) is 0 Å². The van der Waals surface area contributed by atoms with E-state index in [-0.39, 0.29) is 36.8 Å². The van der Waals surface area contributed by atoms with Gasteiger partial charge in [0.1, 0.15) is 0 Å². The molecule has 0 unspecified atom stereocenters. The van der Waals surface area contributed by atoms with Gasteiger partial charge in [-0.1, -0.05) is 42.5 Å². The van der Waals surface area contributed by atoms with E-state index in [4.69, 9.17) is 5.73 Å². The van der Waals surface area contributed by atoms with Gasteiger partial charge in [0, 0.05) is 38.3 Å². The minimum absolute atomic E-state index is 0. The van der Waals surface area contributed by atoms with Crippen molar-refractivity contribution in [3.05, 3.63) is 65.2 Å². The van der Waals surface area contributed by atoms with Crippen molar-refractivity contribution in [2.45, 2.75) is 44.9 Å². The summed E-state index contributed by atoms with van der Waals surface area (Å²) in [7, 11) is 0. The van der Waals surface area contributed by atoms with Crippen LogP contribution >= 0.6 is 24.8 Å². The number of para-hydroxylation sites is 1. The van der Waals surface area contributed by atoms with Gasteiger partial charge in [0.25, 0.3) is 0 Å². The van der Waals surface area contributed by atoms with E-state index in [1.54, 1.807) is 0 Å². The number of benzene rings is 2. The summed E-state index contributed by atoms with van der Waals surface area (Å²) in [6, 6.07) is 16.1. The summed E-state index contributed by atoms with van der Waals surface area (Å²) < 4.78 is 0. The molecule has 5 nitrogen and oxygen atoms in total. The zero-order valence-electron chi connectivity index (χ0n) is 16.5. The van der Waals surface area contributed by atoms with Gasteiger partial charge in [-0.2, -0.15) is 0 Å². The van der Waals surface area contributed by atoms with E-state index in [1.807, 2.05) is 24.3 Å². The summed E-state index contributed by atoms with van der Waals surface area (Å²) in [5.74, 6) is 0.0363. The predicted molar refractivity (Wildman–Crippen MR) is 122 cm³/mol. The topological polar surface area (TPSA) is 78.6 Å². The quantitative estimate of drug-likeness (QED) is 0.578. The molecule has 0 saturated carbocycles. The number of aliphatic hydroxyl groups excluding tert-OH is 1. The molecule has 2 aromatic rings. The molecule has 1 aliphatic rings. The molecule has 4 N–H and O–H groups in total. The number of aryl methyl sites for hydroxylation is 1. The molecule has 0 aromatic heterocycles. The number of rotatable bonds is 7. The molecule has 160 valence electrons. The minimum Gasteiger partial charge on any atom is -0.399 e. The van der Waals surface area contributed by atoms with Gasteiger partial charge in [-0.3, -0.25) is 9.69 Å². The average molecular weight is 440 g/mol. The summed E-state index contributed by atoms with van der Waals surface area (Å²) in [6.45, 7) is 3.35. The van der Waals surface area contributed by atoms with Crippen LogP contribution in [0.2, 0.25) is 0 Å². The van der Waals surface area contributed by atoms with E-state index in [1.165, 1.54) is 5.56 Å². The van der Waals surface area contributed by atoms with Crippen molar-refractivity contribution in [2.75, 3.05) is 18.8 Å². The highest BCUT2D eigenvalue weighted by Gasteiger charge is 2.16. The predicted octanol–water partition coefficient (Wildman–Crippen LogP) is 3.32. The highest BCUT2D eigenvalue weighted by Crippen LogP contribution is 2.15. The van der Waals surface area contributed by atoms with Crippen molar-refractivity contribution < 1.29 is 9.90 Å². The van der Waals surface area contributed by atoms with Crippen LogP contribution in [0, 0.1) is 0 Å². The first-order chi connectivity index (χ1) is 13.1. The van der Waals surface area contributed by atoms with Gasteiger partial charge in [0.05, 0.1) is 6.10 Å². The maximum Gasteiger partial charge on any atom is 0.220 e. The zero-order valence-corrected chi connectivity index (χ0v) is 18.2. The molecule has 1 saturated heterocycles. The summed E-state index contributed by atoms with van der Waals surface area (Å²) in [6.07, 6.45) is 2.68. The molecule has 1 aliphatic heterocycles. The monoisotopic (exact) mass is 439 g/mol. The Morgan fingerprint density at radius 2 is 1.66 bits per heavy atom. The molecule has 0 atom stereocenters. The lowest BCUT2D eigenvalue weighted by molar-refractivity contribution is -0.121. The second-order valence-electron chi connectivity index (χ2n) is 7.30. The fourth-order valence-corrected chi connectivity index (χ4v) is 3.40. The number of hydrogen-bond donors (Lipinski definition) is 3. The van der Waals surface area contributed by atoms with Crippen LogP contribution in [0.4, 0.5) is 5.69 Å². The first kappa shape index (κ1) is 25.2. The summed E-state index contributed by atoms with van der Waals surface area (Å²) >= 11 is 0. The van der Waals surface area contributed by atoms with Crippen LogP contribution in [-0.2, 0) is 24.3 Å². The molecular weight excluding hydrogens is 409 g/mol. The first-order valence-electron chi connectivity index (χ1n) is 9.68. The van der Waals surface area contributed by atoms with Crippen molar-refractivity contribution in [1.29, 1.82) is 0 Å². The molecule has 29 heavy (non-hydrogen) atoms. The van der Waals surface area contributed by atoms with Crippen LogP contribution in [0.15, 0.2) is 48.5 Å². The number of amides is 1. The molecule has 0 spiro atoms. The number of nitrogens with zero attached hydrogens (tertiary/aromatic N) is 1. The summed E-state index contributed by atoms with van der Waals surface area (Å²) in [4.78, 5) is 14.5. The van der Waals surface area contributed by atoms with Gasteiger partial charge < -0.3 is 16.2 Å². The van der Waals surface area contributed by atoms with Crippen molar-refractivity contribution >= 4 is 36.4 Å². The van der Waals surface area contributed by atoms with Crippen molar-refractivity contribution in [2.24, 2.45) is 0 Å². The van der Waals surface area contributed by atoms with Crippen LogP contribution in [0.25, 0.3) is 0 Å². The van der Waals surface area contributed by atoms with E-state index < -0.39 is 0 Å². The van der Waals surface area contributed by atoms with Gasteiger partial charge in [-0.05, 0) is 42.0 Å². The standard InChI is InChI=1S/C22H29N3O2.2ClH/c23-21-4-2-1-3-19(21)9-10-22(27)24-15-17-5-7-18(8-6-17)16-25-13-11-20(26)12-14-25;;/h1-8,20,26H,9-16,23H2,(H,24,27);2*1H. The Kier molecular flexibility index (Phi) is 11.1. The fourth-order valence-electron chi connectivity index (χ4n) is 3.40. The van der Waals surface area contributed by atoms with Gasteiger partial charge in [-0.15, -0.1) is 24.8 Å². The Hall–Kier alpha value is -1.79. The largest absolute Gasteiger partial charge is 0.399 e. The lowest BCUT2D eigenvalue weighted by Crippen LogP contribution is -2.35. The van der Waals surface area contributed by atoms with E-state index >= 15 is 0 Å². The number of nitrogen functional groups attached to an aromatic ring is 1. The highest BCUT2D eigenvalue weighted by atomic mass is 35.5. The fraction of sp³-hybridized carbons (Fsp3) is 0.409. The molecule has 7 heteroatoms. The lowest BCUT2D eigenvalue weighted by Gasteiger charge is -2.29. The zero-order chi connectivity index (χ0) is 19.1. The number of carbonyl (C=O) groups excluding carboxylic acids is 1. The van der Waals surface area contributed by atoms with Gasteiger partial charge in [0.2, 0.25) is 5.91 Å². The number of aliphatic hydroxyl groups is 1. The summed E-state index contributed by atoms with van der Waals surface area (Å²) in [5.41, 5.74) is 10.0. The Morgan fingerprint density at radius 3 is 2.31 bits per heavy atom. The summed E-state index contributed by atoms with van der Waals surface area (Å²) in [5, 5.41) is 12.6. The average Bonchev–Trinajstić information content (AvgIpc) is 2.68.